The molecule has 0 spiro atoms. The van der Waals surface area contributed by atoms with Crippen LogP contribution >= 0.6 is 0 Å². The van der Waals surface area contributed by atoms with Crippen molar-refractivity contribution in [1.29, 1.82) is 0 Å². The number of anilines is 1. The van der Waals surface area contributed by atoms with Crippen LogP contribution in [0.3, 0.4) is 0 Å². The Morgan fingerprint density at radius 1 is 1.39 bits per heavy atom. The van der Waals surface area contributed by atoms with Gasteiger partial charge in [-0.1, -0.05) is 18.2 Å². The molecule has 2 rings (SSSR count). The Balaban J connectivity index is 2.30. The number of hydrogen-bond donors (Lipinski definition) is 0. The van der Waals surface area contributed by atoms with E-state index in [4.69, 9.17) is 4.74 Å². The molecule has 4 heteroatoms. The highest BCUT2D eigenvalue weighted by Gasteiger charge is 2.35. The lowest BCUT2D eigenvalue weighted by atomic mass is 10.1. The maximum Gasteiger partial charge on any atom is 0.415 e. The minimum absolute atomic E-state index is 0.461. The van der Waals surface area contributed by atoms with Crippen LogP contribution in [0, 0.1) is 0 Å². The smallest absolute Gasteiger partial charge is 0.415 e. The maximum atomic E-state index is 12.1. The van der Waals surface area contributed by atoms with E-state index in [0.717, 1.165) is 17.5 Å². The standard InChI is InChI=1S/C14H17NO3/c1-14(2,3)18-13(17)15-11(9-16)8-10-6-4-5-7-12(10)15/h4-7,9,11H,8H2,1-3H3/t11-/m1/s1. The largest absolute Gasteiger partial charge is 0.443 e. The van der Waals surface area contributed by atoms with Gasteiger partial charge < -0.3 is 9.53 Å². The fraction of sp³-hybridized carbons (Fsp3) is 0.429. The van der Waals surface area contributed by atoms with Crippen molar-refractivity contribution in [3.8, 4) is 0 Å². The summed E-state index contributed by atoms with van der Waals surface area (Å²) in [5.74, 6) is 0. The highest BCUT2D eigenvalue weighted by atomic mass is 16.6. The van der Waals surface area contributed by atoms with Crippen LogP contribution in [0.5, 0.6) is 0 Å². The van der Waals surface area contributed by atoms with Crippen LogP contribution in [0.2, 0.25) is 0 Å². The van der Waals surface area contributed by atoms with E-state index in [1.54, 1.807) is 0 Å². The molecule has 1 aromatic rings. The molecule has 0 aliphatic carbocycles. The van der Waals surface area contributed by atoms with Crippen molar-refractivity contribution in [2.24, 2.45) is 0 Å². The minimum Gasteiger partial charge on any atom is -0.443 e. The molecule has 0 N–H and O–H groups in total. The first-order chi connectivity index (χ1) is 8.42. The third-order valence-electron chi connectivity index (χ3n) is 2.76. The van der Waals surface area contributed by atoms with Gasteiger partial charge in [0.15, 0.2) is 0 Å². The highest BCUT2D eigenvalue weighted by molar-refractivity contribution is 5.95. The number of nitrogens with zero attached hydrogens (tertiary/aromatic N) is 1. The molecule has 0 saturated carbocycles. The second-order valence-electron chi connectivity index (χ2n) is 5.39. The first-order valence-corrected chi connectivity index (χ1v) is 5.98. The van der Waals surface area contributed by atoms with E-state index < -0.39 is 17.7 Å². The number of fused-ring (bicyclic) bond motifs is 1. The molecule has 1 aliphatic heterocycles. The number of hydrogen-bond acceptors (Lipinski definition) is 3. The van der Waals surface area contributed by atoms with Crippen molar-refractivity contribution >= 4 is 18.1 Å². The van der Waals surface area contributed by atoms with Gasteiger partial charge in [-0.05, 0) is 32.4 Å². The summed E-state index contributed by atoms with van der Waals surface area (Å²) in [6.07, 6.45) is 0.882. The first-order valence-electron chi connectivity index (χ1n) is 5.98. The maximum absolute atomic E-state index is 12.1. The van der Waals surface area contributed by atoms with Gasteiger partial charge in [0.1, 0.15) is 11.9 Å². The second-order valence-corrected chi connectivity index (χ2v) is 5.39. The lowest BCUT2D eigenvalue weighted by Gasteiger charge is -2.27. The average Bonchev–Trinajstić information content (AvgIpc) is 2.64. The molecule has 18 heavy (non-hydrogen) atoms. The summed E-state index contributed by atoms with van der Waals surface area (Å²) in [6, 6.07) is 7.05. The van der Waals surface area contributed by atoms with E-state index in [9.17, 15) is 9.59 Å². The Morgan fingerprint density at radius 3 is 2.67 bits per heavy atom. The minimum atomic E-state index is -0.567. The van der Waals surface area contributed by atoms with Crippen molar-refractivity contribution < 1.29 is 14.3 Å². The van der Waals surface area contributed by atoms with E-state index in [1.807, 2.05) is 45.0 Å². The van der Waals surface area contributed by atoms with E-state index in [1.165, 1.54) is 4.90 Å². The molecule has 1 heterocycles. The van der Waals surface area contributed by atoms with Crippen molar-refractivity contribution in [3.05, 3.63) is 29.8 Å². The molecule has 4 nitrogen and oxygen atoms in total. The van der Waals surface area contributed by atoms with Crippen LogP contribution in [0.25, 0.3) is 0 Å². The topological polar surface area (TPSA) is 46.6 Å². The lowest BCUT2D eigenvalue weighted by Crippen LogP contribution is -2.42. The van der Waals surface area contributed by atoms with Gasteiger partial charge >= 0.3 is 6.09 Å². The molecular formula is C14H17NO3. The molecule has 0 radical (unpaired) electrons. The predicted octanol–water partition coefficient (Wildman–Crippen LogP) is 2.55. The Morgan fingerprint density at radius 2 is 2.06 bits per heavy atom. The molecule has 1 amide bonds. The molecule has 1 aromatic carbocycles. The number of benzene rings is 1. The summed E-state index contributed by atoms with van der Waals surface area (Å²) >= 11 is 0. The molecule has 96 valence electrons. The van der Waals surface area contributed by atoms with Crippen molar-refractivity contribution in [1.82, 2.24) is 0 Å². The zero-order valence-electron chi connectivity index (χ0n) is 10.8. The molecule has 0 aromatic heterocycles. The zero-order valence-corrected chi connectivity index (χ0v) is 10.8. The molecule has 1 aliphatic rings. The van der Waals surface area contributed by atoms with E-state index in [-0.39, 0.29) is 0 Å². The average molecular weight is 247 g/mol. The summed E-state index contributed by atoms with van der Waals surface area (Å²) in [6.45, 7) is 5.42. The summed E-state index contributed by atoms with van der Waals surface area (Å²) in [5, 5.41) is 0. The molecule has 0 fully saturated rings. The molecule has 0 unspecified atom stereocenters. The zero-order chi connectivity index (χ0) is 13.3. The van der Waals surface area contributed by atoms with Gasteiger partial charge in [0, 0.05) is 6.42 Å². The number of amides is 1. The quantitative estimate of drug-likeness (QED) is 0.716. The third kappa shape index (κ3) is 2.37. The SMILES string of the molecule is CC(C)(C)OC(=O)N1c2ccccc2C[C@@H]1C=O. The molecule has 0 bridgehead atoms. The Labute approximate surface area is 107 Å². The van der Waals surface area contributed by atoms with Crippen molar-refractivity contribution in [2.75, 3.05) is 4.90 Å². The molecule has 1 atom stereocenters. The summed E-state index contributed by atoms with van der Waals surface area (Å²) < 4.78 is 5.34. The predicted molar refractivity (Wildman–Crippen MR) is 68.7 cm³/mol. The van der Waals surface area contributed by atoms with Gasteiger partial charge in [-0.2, -0.15) is 0 Å². The van der Waals surface area contributed by atoms with Crippen LogP contribution in [-0.4, -0.2) is 24.0 Å². The van der Waals surface area contributed by atoms with Crippen LogP contribution in [0.4, 0.5) is 10.5 Å². The van der Waals surface area contributed by atoms with Crippen molar-refractivity contribution in [2.45, 2.75) is 38.8 Å². The summed E-state index contributed by atoms with van der Waals surface area (Å²) in [7, 11) is 0. The molecule has 0 saturated heterocycles. The third-order valence-corrected chi connectivity index (χ3v) is 2.76. The van der Waals surface area contributed by atoms with Gasteiger partial charge in [0.25, 0.3) is 0 Å². The Bertz CT molecular complexity index is 476. The fourth-order valence-corrected chi connectivity index (χ4v) is 2.07. The molecular weight excluding hydrogens is 230 g/mol. The number of carbonyl (C=O) groups is 2. The number of para-hydroxylation sites is 1. The van der Waals surface area contributed by atoms with Gasteiger partial charge in [-0.15, -0.1) is 0 Å². The van der Waals surface area contributed by atoms with Crippen molar-refractivity contribution in [3.63, 3.8) is 0 Å². The fourth-order valence-electron chi connectivity index (χ4n) is 2.07. The van der Waals surface area contributed by atoms with Crippen LogP contribution in [0.1, 0.15) is 26.3 Å². The van der Waals surface area contributed by atoms with Crippen LogP contribution < -0.4 is 4.90 Å². The van der Waals surface area contributed by atoms with Gasteiger partial charge in [-0.25, -0.2) is 4.79 Å². The number of carbonyl (C=O) groups excluding carboxylic acids is 2. The normalized spacial score (nSPS) is 18.4. The lowest BCUT2D eigenvalue weighted by molar-refractivity contribution is -0.108. The monoisotopic (exact) mass is 247 g/mol. The first kappa shape index (κ1) is 12.6. The highest BCUT2D eigenvalue weighted by Crippen LogP contribution is 2.32. The second kappa shape index (κ2) is 4.44. The number of aldehydes is 1. The number of rotatable bonds is 1. The van der Waals surface area contributed by atoms with Crippen LogP contribution in [-0.2, 0) is 16.0 Å². The Kier molecular flexibility index (Phi) is 3.11. The van der Waals surface area contributed by atoms with E-state index in [2.05, 4.69) is 0 Å². The Hall–Kier alpha value is -1.84. The summed E-state index contributed by atoms with van der Waals surface area (Å²) in [5.41, 5.74) is 1.20. The van der Waals surface area contributed by atoms with Gasteiger partial charge in [0.05, 0.1) is 11.7 Å². The van der Waals surface area contributed by atoms with E-state index >= 15 is 0 Å². The summed E-state index contributed by atoms with van der Waals surface area (Å²) in [4.78, 5) is 24.7. The van der Waals surface area contributed by atoms with Gasteiger partial charge in [-0.3, -0.25) is 4.90 Å². The van der Waals surface area contributed by atoms with Gasteiger partial charge in [0.2, 0.25) is 0 Å². The number of ether oxygens (including phenoxy) is 1. The van der Waals surface area contributed by atoms with Crippen LogP contribution in [0.15, 0.2) is 24.3 Å². The van der Waals surface area contributed by atoms with E-state index in [0.29, 0.717) is 6.42 Å².